The third kappa shape index (κ3) is 3.72. The number of nitrogens with zero attached hydrogens (tertiary/aromatic N) is 5. The van der Waals surface area contributed by atoms with Crippen LogP contribution in [0.3, 0.4) is 0 Å². The van der Waals surface area contributed by atoms with Crippen LogP contribution < -0.4 is 5.32 Å². The zero-order valence-electron chi connectivity index (χ0n) is 14.5. The number of aryl methyl sites for hydroxylation is 2. The van der Waals surface area contributed by atoms with Crippen LogP contribution in [0.25, 0.3) is 5.78 Å². The summed E-state index contributed by atoms with van der Waals surface area (Å²) in [6, 6.07) is 7.32. The van der Waals surface area contributed by atoms with Gasteiger partial charge in [0.1, 0.15) is 0 Å². The van der Waals surface area contributed by atoms with Crippen LogP contribution in [0.4, 0.5) is 5.69 Å². The highest BCUT2D eigenvalue weighted by atomic mass is 79.9. The predicted octanol–water partition coefficient (Wildman–Crippen LogP) is 2.21. The number of amides is 2. The Morgan fingerprint density at radius 2 is 2.04 bits per heavy atom. The van der Waals surface area contributed by atoms with Crippen molar-refractivity contribution in [1.82, 2.24) is 24.5 Å². The van der Waals surface area contributed by atoms with Crippen LogP contribution in [0, 0.1) is 13.8 Å². The Labute approximate surface area is 158 Å². The SMILES string of the molecule is Cc1cc(Br)ccc1NC(=O)CN(C)C(=O)c1nc2nccc(C)n2n1. The van der Waals surface area contributed by atoms with E-state index in [1.165, 1.54) is 16.5 Å². The van der Waals surface area contributed by atoms with E-state index in [2.05, 4.69) is 36.3 Å². The molecular formula is C17H17BrN6O2. The lowest BCUT2D eigenvalue weighted by Crippen LogP contribution is -2.35. The smallest absolute Gasteiger partial charge is 0.293 e. The van der Waals surface area contributed by atoms with Gasteiger partial charge in [0.15, 0.2) is 0 Å². The number of aromatic nitrogens is 4. The molecule has 8 nitrogen and oxygen atoms in total. The van der Waals surface area contributed by atoms with E-state index in [0.29, 0.717) is 11.5 Å². The van der Waals surface area contributed by atoms with Crippen molar-refractivity contribution in [2.75, 3.05) is 18.9 Å². The van der Waals surface area contributed by atoms with Crippen LogP contribution in [-0.4, -0.2) is 49.9 Å². The molecule has 1 N–H and O–H groups in total. The number of benzene rings is 1. The van der Waals surface area contributed by atoms with Gasteiger partial charge in [-0.25, -0.2) is 9.50 Å². The van der Waals surface area contributed by atoms with Crippen LogP contribution in [-0.2, 0) is 4.79 Å². The van der Waals surface area contributed by atoms with E-state index < -0.39 is 5.91 Å². The molecule has 9 heteroatoms. The second kappa shape index (κ2) is 7.20. The van der Waals surface area contributed by atoms with E-state index in [4.69, 9.17) is 0 Å². The summed E-state index contributed by atoms with van der Waals surface area (Å²) in [6.45, 7) is 3.62. The molecular weight excluding hydrogens is 400 g/mol. The summed E-state index contributed by atoms with van der Waals surface area (Å²) >= 11 is 3.38. The standard InChI is InChI=1S/C17H17BrN6O2/c1-10-8-12(18)4-5-13(10)20-14(25)9-23(3)16(26)15-21-17-19-7-6-11(2)24(17)22-15/h4-8H,9H2,1-3H3,(H,20,25). The summed E-state index contributed by atoms with van der Waals surface area (Å²) in [7, 11) is 1.53. The molecule has 0 atom stereocenters. The predicted molar refractivity (Wildman–Crippen MR) is 100.0 cm³/mol. The molecule has 0 fully saturated rings. The molecule has 134 valence electrons. The Bertz CT molecular complexity index is 1000. The molecule has 2 aromatic heterocycles. The molecule has 2 heterocycles. The topological polar surface area (TPSA) is 92.5 Å². The van der Waals surface area contributed by atoms with Gasteiger partial charge in [-0.2, -0.15) is 4.98 Å². The summed E-state index contributed by atoms with van der Waals surface area (Å²) in [5.74, 6) is -0.402. The molecule has 26 heavy (non-hydrogen) atoms. The molecule has 0 aliphatic carbocycles. The molecule has 3 aromatic rings. The molecule has 0 aliphatic heterocycles. The maximum Gasteiger partial charge on any atom is 0.293 e. The number of hydrogen-bond donors (Lipinski definition) is 1. The highest BCUT2D eigenvalue weighted by molar-refractivity contribution is 9.10. The summed E-state index contributed by atoms with van der Waals surface area (Å²) in [5, 5.41) is 6.96. The quantitative estimate of drug-likeness (QED) is 0.703. The minimum atomic E-state index is -0.447. The molecule has 0 radical (unpaired) electrons. The van der Waals surface area contributed by atoms with Crippen LogP contribution in [0.15, 0.2) is 34.9 Å². The van der Waals surface area contributed by atoms with Crippen molar-refractivity contribution in [3.63, 3.8) is 0 Å². The molecule has 0 saturated heterocycles. The Morgan fingerprint density at radius 3 is 2.73 bits per heavy atom. The number of halogens is 1. The van der Waals surface area contributed by atoms with Gasteiger partial charge in [0, 0.05) is 29.1 Å². The average Bonchev–Trinajstić information content (AvgIpc) is 3.02. The third-order valence-corrected chi connectivity index (χ3v) is 4.30. The van der Waals surface area contributed by atoms with Crippen molar-refractivity contribution in [3.8, 4) is 0 Å². The molecule has 0 aliphatic rings. The van der Waals surface area contributed by atoms with Crippen molar-refractivity contribution in [2.45, 2.75) is 13.8 Å². The molecule has 3 rings (SSSR count). The van der Waals surface area contributed by atoms with Crippen molar-refractivity contribution in [2.24, 2.45) is 0 Å². The molecule has 0 bridgehead atoms. The second-order valence-electron chi connectivity index (χ2n) is 5.90. The second-order valence-corrected chi connectivity index (χ2v) is 6.82. The van der Waals surface area contributed by atoms with Crippen LogP contribution in [0.5, 0.6) is 0 Å². The number of nitrogens with one attached hydrogen (secondary N) is 1. The van der Waals surface area contributed by atoms with E-state index in [1.54, 1.807) is 18.3 Å². The van der Waals surface area contributed by atoms with Gasteiger partial charge < -0.3 is 10.2 Å². The summed E-state index contributed by atoms with van der Waals surface area (Å²) in [6.07, 6.45) is 1.60. The van der Waals surface area contributed by atoms with E-state index in [9.17, 15) is 9.59 Å². The number of carbonyl (C=O) groups excluding carboxylic acids is 2. The van der Waals surface area contributed by atoms with Gasteiger partial charge in [-0.3, -0.25) is 9.59 Å². The first-order valence-electron chi connectivity index (χ1n) is 7.85. The summed E-state index contributed by atoms with van der Waals surface area (Å²) in [5.41, 5.74) is 2.43. The van der Waals surface area contributed by atoms with Gasteiger partial charge in [-0.15, -0.1) is 5.10 Å². The van der Waals surface area contributed by atoms with Crippen molar-refractivity contribution < 1.29 is 9.59 Å². The van der Waals surface area contributed by atoms with Gasteiger partial charge in [-0.1, -0.05) is 15.9 Å². The largest absolute Gasteiger partial charge is 0.330 e. The van der Waals surface area contributed by atoms with Gasteiger partial charge in [0.2, 0.25) is 11.7 Å². The molecule has 0 spiro atoms. The Kier molecular flexibility index (Phi) is 4.99. The Hall–Kier alpha value is -2.81. The van der Waals surface area contributed by atoms with Crippen molar-refractivity contribution >= 4 is 39.2 Å². The molecule has 0 unspecified atom stereocenters. The zero-order valence-corrected chi connectivity index (χ0v) is 16.1. The fourth-order valence-electron chi connectivity index (χ4n) is 2.41. The lowest BCUT2D eigenvalue weighted by molar-refractivity contribution is -0.116. The fourth-order valence-corrected chi connectivity index (χ4v) is 2.89. The number of anilines is 1. The van der Waals surface area contributed by atoms with E-state index in [-0.39, 0.29) is 18.3 Å². The van der Waals surface area contributed by atoms with Gasteiger partial charge in [0.05, 0.1) is 6.54 Å². The first kappa shape index (κ1) is 18.0. The molecule has 1 aromatic carbocycles. The Morgan fingerprint density at radius 1 is 1.27 bits per heavy atom. The summed E-state index contributed by atoms with van der Waals surface area (Å²) in [4.78, 5) is 34.2. The van der Waals surface area contributed by atoms with E-state index >= 15 is 0 Å². The maximum absolute atomic E-state index is 12.5. The highest BCUT2D eigenvalue weighted by Gasteiger charge is 2.20. The van der Waals surface area contributed by atoms with E-state index in [0.717, 1.165) is 15.7 Å². The number of rotatable bonds is 4. The Balaban J connectivity index is 1.69. The third-order valence-electron chi connectivity index (χ3n) is 3.81. The van der Waals surface area contributed by atoms with Gasteiger partial charge in [0.25, 0.3) is 11.7 Å². The average molecular weight is 417 g/mol. The maximum atomic E-state index is 12.5. The lowest BCUT2D eigenvalue weighted by atomic mass is 10.2. The number of carbonyl (C=O) groups is 2. The molecule has 0 saturated carbocycles. The van der Waals surface area contributed by atoms with Crippen LogP contribution in [0.1, 0.15) is 21.9 Å². The fraction of sp³-hybridized carbons (Fsp3) is 0.235. The lowest BCUT2D eigenvalue weighted by Gasteiger charge is -2.15. The molecule has 2 amide bonds. The number of fused-ring (bicyclic) bond motifs is 1. The van der Waals surface area contributed by atoms with Crippen LogP contribution in [0.2, 0.25) is 0 Å². The minimum Gasteiger partial charge on any atom is -0.330 e. The normalized spacial score (nSPS) is 10.8. The van der Waals surface area contributed by atoms with Crippen LogP contribution >= 0.6 is 15.9 Å². The summed E-state index contributed by atoms with van der Waals surface area (Å²) < 4.78 is 2.42. The van der Waals surface area contributed by atoms with Crippen molar-refractivity contribution in [1.29, 1.82) is 0 Å². The number of hydrogen-bond acceptors (Lipinski definition) is 5. The van der Waals surface area contributed by atoms with Gasteiger partial charge in [-0.05, 0) is 43.7 Å². The zero-order chi connectivity index (χ0) is 18.8. The van der Waals surface area contributed by atoms with Gasteiger partial charge >= 0.3 is 0 Å². The first-order valence-corrected chi connectivity index (χ1v) is 8.64. The monoisotopic (exact) mass is 416 g/mol. The minimum absolute atomic E-state index is 0.00178. The first-order chi connectivity index (χ1) is 12.3. The van der Waals surface area contributed by atoms with E-state index in [1.807, 2.05) is 26.0 Å². The highest BCUT2D eigenvalue weighted by Crippen LogP contribution is 2.20. The number of likely N-dealkylation sites (N-methyl/N-ethyl adjacent to an activating group) is 1. The van der Waals surface area contributed by atoms with Crippen molar-refractivity contribution in [3.05, 3.63) is 52.0 Å².